The number of hydrogen-bond acceptors (Lipinski definition) is 3. The van der Waals surface area contributed by atoms with E-state index >= 15 is 0 Å². The van der Waals surface area contributed by atoms with Gasteiger partial charge in [-0.1, -0.05) is 11.6 Å². The number of rotatable bonds is 4. The van der Waals surface area contributed by atoms with Crippen molar-refractivity contribution in [3.63, 3.8) is 0 Å². The molecule has 0 radical (unpaired) electrons. The summed E-state index contributed by atoms with van der Waals surface area (Å²) in [4.78, 5) is 12.0. The van der Waals surface area contributed by atoms with Gasteiger partial charge in [-0.05, 0) is 32.0 Å². The fourth-order valence-electron chi connectivity index (χ4n) is 1.94. The topological polar surface area (TPSA) is 67.0 Å². The quantitative estimate of drug-likeness (QED) is 0.911. The molecule has 5 nitrogen and oxygen atoms in total. The Morgan fingerprint density at radius 1 is 1.45 bits per heavy atom. The zero-order chi connectivity index (χ0) is 14.7. The number of carbonyl (C=O) groups excluding carboxylic acids is 1. The standard InChI is InChI=1S/C14H16ClN3O2/c1-8-11(9(2)18-17-8)7-14(19)16-10-4-5-13(20-3)12(15)6-10/h4-6H,7H2,1-3H3,(H,16,19)(H,17,18). The van der Waals surface area contributed by atoms with Crippen molar-refractivity contribution >= 4 is 23.2 Å². The molecule has 106 valence electrons. The molecule has 0 unspecified atom stereocenters. The number of H-pyrrole nitrogens is 1. The van der Waals surface area contributed by atoms with Crippen LogP contribution in [-0.2, 0) is 11.2 Å². The van der Waals surface area contributed by atoms with Crippen molar-refractivity contribution in [2.45, 2.75) is 20.3 Å². The van der Waals surface area contributed by atoms with Crippen molar-refractivity contribution in [1.82, 2.24) is 10.2 Å². The number of amides is 1. The highest BCUT2D eigenvalue weighted by Crippen LogP contribution is 2.27. The van der Waals surface area contributed by atoms with Gasteiger partial charge in [0.15, 0.2) is 0 Å². The first-order chi connectivity index (χ1) is 9.51. The Morgan fingerprint density at radius 2 is 2.20 bits per heavy atom. The summed E-state index contributed by atoms with van der Waals surface area (Å²) < 4.78 is 5.06. The van der Waals surface area contributed by atoms with Gasteiger partial charge in [0.05, 0.1) is 24.2 Å². The van der Waals surface area contributed by atoms with E-state index in [1.165, 1.54) is 0 Å². The lowest BCUT2D eigenvalue weighted by Gasteiger charge is -2.08. The van der Waals surface area contributed by atoms with Gasteiger partial charge in [-0.3, -0.25) is 9.89 Å². The third kappa shape index (κ3) is 3.11. The Hall–Kier alpha value is -2.01. The number of aromatic amines is 1. The maximum absolute atomic E-state index is 12.0. The number of halogens is 1. The SMILES string of the molecule is COc1ccc(NC(=O)Cc2c(C)n[nH]c2C)cc1Cl. The molecule has 1 heterocycles. The summed E-state index contributed by atoms with van der Waals surface area (Å²) in [5, 5.41) is 10.2. The minimum absolute atomic E-state index is 0.112. The van der Waals surface area contributed by atoms with E-state index in [2.05, 4.69) is 15.5 Å². The molecular weight excluding hydrogens is 278 g/mol. The Kier molecular flexibility index (Phi) is 4.29. The van der Waals surface area contributed by atoms with E-state index in [0.29, 0.717) is 16.5 Å². The second-order valence-electron chi connectivity index (χ2n) is 4.49. The number of anilines is 1. The van der Waals surface area contributed by atoms with E-state index in [0.717, 1.165) is 17.0 Å². The van der Waals surface area contributed by atoms with Crippen LogP contribution in [0.15, 0.2) is 18.2 Å². The van der Waals surface area contributed by atoms with Crippen molar-refractivity contribution in [2.75, 3.05) is 12.4 Å². The minimum Gasteiger partial charge on any atom is -0.495 e. The third-order valence-corrected chi connectivity index (χ3v) is 3.35. The van der Waals surface area contributed by atoms with E-state index in [9.17, 15) is 4.79 Å². The molecule has 0 saturated carbocycles. The van der Waals surface area contributed by atoms with Crippen molar-refractivity contribution in [3.8, 4) is 5.75 Å². The number of methoxy groups -OCH3 is 1. The molecule has 1 amide bonds. The molecule has 0 fully saturated rings. The van der Waals surface area contributed by atoms with Gasteiger partial charge in [0, 0.05) is 16.9 Å². The number of aromatic nitrogens is 2. The van der Waals surface area contributed by atoms with E-state index < -0.39 is 0 Å². The lowest BCUT2D eigenvalue weighted by atomic mass is 10.1. The minimum atomic E-state index is -0.112. The van der Waals surface area contributed by atoms with Crippen molar-refractivity contribution < 1.29 is 9.53 Å². The van der Waals surface area contributed by atoms with Crippen LogP contribution in [0.25, 0.3) is 0 Å². The molecule has 0 aliphatic carbocycles. The highest BCUT2D eigenvalue weighted by Gasteiger charge is 2.12. The molecule has 2 N–H and O–H groups in total. The molecule has 2 aromatic rings. The summed E-state index contributed by atoms with van der Waals surface area (Å²) in [6, 6.07) is 5.12. The molecule has 20 heavy (non-hydrogen) atoms. The van der Waals surface area contributed by atoms with Crippen LogP contribution in [0.4, 0.5) is 5.69 Å². The largest absolute Gasteiger partial charge is 0.495 e. The number of nitrogens with zero attached hydrogens (tertiary/aromatic N) is 1. The van der Waals surface area contributed by atoms with Crippen LogP contribution >= 0.6 is 11.6 Å². The molecule has 6 heteroatoms. The maximum Gasteiger partial charge on any atom is 0.228 e. The lowest BCUT2D eigenvalue weighted by Crippen LogP contribution is -2.15. The molecule has 0 atom stereocenters. The van der Waals surface area contributed by atoms with Crippen LogP contribution in [0.2, 0.25) is 5.02 Å². The molecule has 0 aliphatic rings. The number of benzene rings is 1. The van der Waals surface area contributed by atoms with E-state index in [1.807, 2.05) is 13.8 Å². The van der Waals surface area contributed by atoms with Gasteiger partial charge in [0.1, 0.15) is 5.75 Å². The second-order valence-corrected chi connectivity index (χ2v) is 4.89. The first kappa shape index (κ1) is 14.4. The normalized spacial score (nSPS) is 10.4. The molecule has 0 spiro atoms. The first-order valence-electron chi connectivity index (χ1n) is 6.15. The predicted molar refractivity (Wildman–Crippen MR) is 78.4 cm³/mol. The maximum atomic E-state index is 12.0. The summed E-state index contributed by atoms with van der Waals surface area (Å²) in [6.45, 7) is 3.77. The molecule has 1 aromatic carbocycles. The number of ether oxygens (including phenoxy) is 1. The molecule has 0 saturated heterocycles. The van der Waals surface area contributed by atoms with Crippen LogP contribution in [0.3, 0.4) is 0 Å². The Balaban J connectivity index is 2.07. The number of hydrogen-bond donors (Lipinski definition) is 2. The van der Waals surface area contributed by atoms with Crippen LogP contribution in [0.1, 0.15) is 17.0 Å². The summed E-state index contributed by atoms with van der Waals surface area (Å²) >= 11 is 6.01. The molecule has 2 rings (SSSR count). The van der Waals surface area contributed by atoms with Crippen LogP contribution in [0, 0.1) is 13.8 Å². The number of carbonyl (C=O) groups is 1. The molecule has 0 aliphatic heterocycles. The Morgan fingerprint density at radius 3 is 2.75 bits per heavy atom. The summed E-state index contributed by atoms with van der Waals surface area (Å²) in [6.07, 6.45) is 0.276. The van der Waals surface area contributed by atoms with Gasteiger partial charge in [0.2, 0.25) is 5.91 Å². The van der Waals surface area contributed by atoms with Crippen LogP contribution in [0.5, 0.6) is 5.75 Å². The zero-order valence-corrected chi connectivity index (χ0v) is 12.3. The van der Waals surface area contributed by atoms with Gasteiger partial charge in [0.25, 0.3) is 0 Å². The first-order valence-corrected chi connectivity index (χ1v) is 6.53. The van der Waals surface area contributed by atoms with Crippen LogP contribution in [-0.4, -0.2) is 23.2 Å². The number of nitrogens with one attached hydrogen (secondary N) is 2. The third-order valence-electron chi connectivity index (χ3n) is 3.05. The van der Waals surface area contributed by atoms with E-state index in [4.69, 9.17) is 16.3 Å². The second kappa shape index (κ2) is 5.96. The van der Waals surface area contributed by atoms with Crippen molar-refractivity contribution in [1.29, 1.82) is 0 Å². The molecule has 0 bridgehead atoms. The average molecular weight is 294 g/mol. The summed E-state index contributed by atoms with van der Waals surface area (Å²) in [5.41, 5.74) is 3.30. The highest BCUT2D eigenvalue weighted by molar-refractivity contribution is 6.32. The van der Waals surface area contributed by atoms with Crippen molar-refractivity contribution in [2.24, 2.45) is 0 Å². The van der Waals surface area contributed by atoms with E-state index in [-0.39, 0.29) is 12.3 Å². The average Bonchev–Trinajstić information content (AvgIpc) is 2.71. The monoisotopic (exact) mass is 293 g/mol. The smallest absolute Gasteiger partial charge is 0.228 e. The predicted octanol–water partition coefficient (Wildman–Crippen LogP) is 2.87. The van der Waals surface area contributed by atoms with Gasteiger partial charge < -0.3 is 10.1 Å². The summed E-state index contributed by atoms with van der Waals surface area (Å²) in [5.74, 6) is 0.463. The van der Waals surface area contributed by atoms with E-state index in [1.54, 1.807) is 25.3 Å². The van der Waals surface area contributed by atoms with Gasteiger partial charge in [-0.15, -0.1) is 0 Å². The summed E-state index contributed by atoms with van der Waals surface area (Å²) in [7, 11) is 1.55. The molecular formula is C14H16ClN3O2. The Bertz CT molecular complexity index is 618. The van der Waals surface area contributed by atoms with Crippen LogP contribution < -0.4 is 10.1 Å². The lowest BCUT2D eigenvalue weighted by molar-refractivity contribution is -0.115. The number of aryl methyl sites for hydroxylation is 2. The van der Waals surface area contributed by atoms with Gasteiger partial charge in [-0.25, -0.2) is 0 Å². The highest BCUT2D eigenvalue weighted by atomic mass is 35.5. The van der Waals surface area contributed by atoms with Gasteiger partial charge >= 0.3 is 0 Å². The molecule has 1 aromatic heterocycles. The van der Waals surface area contributed by atoms with Gasteiger partial charge in [-0.2, -0.15) is 5.10 Å². The fraction of sp³-hybridized carbons (Fsp3) is 0.286. The zero-order valence-electron chi connectivity index (χ0n) is 11.6. The fourth-order valence-corrected chi connectivity index (χ4v) is 2.20. The Labute approximate surface area is 122 Å². The van der Waals surface area contributed by atoms with Crippen molar-refractivity contribution in [3.05, 3.63) is 40.2 Å².